The largest absolute Gasteiger partial charge is 0.444 e. The fourth-order valence-corrected chi connectivity index (χ4v) is 3.72. The summed E-state index contributed by atoms with van der Waals surface area (Å²) in [5.41, 5.74) is 0.286. The minimum atomic E-state index is -0.388. The number of aromatic nitrogens is 1. The van der Waals surface area contributed by atoms with Gasteiger partial charge >= 0.3 is 0 Å². The monoisotopic (exact) mass is 425 g/mol. The van der Waals surface area contributed by atoms with Crippen molar-refractivity contribution in [1.29, 1.82) is 0 Å². The topological polar surface area (TPSA) is 49.6 Å². The van der Waals surface area contributed by atoms with Crippen LogP contribution in [-0.2, 0) is 0 Å². The van der Waals surface area contributed by atoms with Gasteiger partial charge in [-0.3, -0.25) is 9.69 Å². The molecule has 0 radical (unpaired) electrons. The predicted octanol–water partition coefficient (Wildman–Crippen LogP) is 4.39. The van der Waals surface area contributed by atoms with Crippen LogP contribution in [0.3, 0.4) is 0 Å². The molecule has 2 aromatic heterocycles. The maximum atomic E-state index is 14.0. The molecule has 25 heavy (non-hydrogen) atoms. The third kappa shape index (κ3) is 4.08. The number of nitrogens with zero attached hydrogens (tertiary/aromatic N) is 3. The second-order valence-corrected chi connectivity index (χ2v) is 7.59. The van der Waals surface area contributed by atoms with Crippen LogP contribution in [0, 0.1) is 5.82 Å². The second kappa shape index (κ2) is 7.63. The number of benzene rings is 1. The first kappa shape index (κ1) is 18.0. The van der Waals surface area contributed by atoms with Gasteiger partial charge in [0.15, 0.2) is 15.6 Å². The Labute approximate surface area is 157 Å². The highest BCUT2D eigenvalue weighted by molar-refractivity contribution is 9.10. The molecular formula is C17H17BrFN3O2S. The van der Waals surface area contributed by atoms with E-state index in [1.54, 1.807) is 29.2 Å². The number of carbonyl (C=O) groups excluding carboxylic acids is 1. The van der Waals surface area contributed by atoms with Crippen LogP contribution in [0.4, 0.5) is 9.52 Å². The molecule has 1 amide bonds. The highest BCUT2D eigenvalue weighted by Gasteiger charge is 2.24. The first-order valence-corrected chi connectivity index (χ1v) is 9.33. The zero-order valence-corrected chi connectivity index (χ0v) is 16.2. The molecule has 3 aromatic rings. The summed E-state index contributed by atoms with van der Waals surface area (Å²) in [6.45, 7) is 1.29. The van der Waals surface area contributed by atoms with Gasteiger partial charge in [0.1, 0.15) is 11.3 Å². The SMILES string of the molecule is CN(C)CCCN(C(=O)c1ccc(Br)o1)c1nc2c(F)cccc2s1. The van der Waals surface area contributed by atoms with Crippen molar-refractivity contribution in [3.8, 4) is 0 Å². The summed E-state index contributed by atoms with van der Waals surface area (Å²) >= 11 is 4.50. The molecule has 0 atom stereocenters. The van der Waals surface area contributed by atoms with E-state index >= 15 is 0 Å². The molecule has 0 saturated carbocycles. The molecule has 0 N–H and O–H groups in total. The van der Waals surface area contributed by atoms with Gasteiger partial charge < -0.3 is 9.32 Å². The van der Waals surface area contributed by atoms with Crippen molar-refractivity contribution < 1.29 is 13.6 Å². The van der Waals surface area contributed by atoms with E-state index in [0.29, 0.717) is 21.0 Å². The number of thiazole rings is 1. The Balaban J connectivity index is 1.93. The van der Waals surface area contributed by atoms with Crippen LogP contribution in [0.2, 0.25) is 0 Å². The van der Waals surface area contributed by atoms with E-state index in [4.69, 9.17) is 4.42 Å². The third-order valence-corrected chi connectivity index (χ3v) is 5.08. The van der Waals surface area contributed by atoms with Gasteiger partial charge in [0.2, 0.25) is 0 Å². The minimum Gasteiger partial charge on any atom is -0.444 e. The van der Waals surface area contributed by atoms with E-state index in [9.17, 15) is 9.18 Å². The highest BCUT2D eigenvalue weighted by Crippen LogP contribution is 2.31. The molecule has 2 heterocycles. The Hall–Kier alpha value is -1.77. The fraction of sp³-hybridized carbons (Fsp3) is 0.294. The Morgan fingerprint density at radius 1 is 1.28 bits per heavy atom. The molecule has 0 aliphatic heterocycles. The smallest absolute Gasteiger partial charge is 0.295 e. The van der Waals surface area contributed by atoms with Gasteiger partial charge in [-0.15, -0.1) is 0 Å². The second-order valence-electron chi connectivity index (χ2n) is 5.80. The Kier molecular flexibility index (Phi) is 5.51. The van der Waals surface area contributed by atoms with Gasteiger partial charge in [0.25, 0.3) is 5.91 Å². The van der Waals surface area contributed by atoms with Crippen LogP contribution in [0.1, 0.15) is 17.0 Å². The van der Waals surface area contributed by atoms with Crippen molar-refractivity contribution in [2.75, 3.05) is 32.1 Å². The number of furan rings is 1. The maximum absolute atomic E-state index is 14.0. The van der Waals surface area contributed by atoms with Gasteiger partial charge in [-0.05, 0) is 67.3 Å². The van der Waals surface area contributed by atoms with Gasteiger partial charge in [0, 0.05) is 6.54 Å². The number of fused-ring (bicyclic) bond motifs is 1. The summed E-state index contributed by atoms with van der Waals surface area (Å²) in [5, 5.41) is 0.469. The van der Waals surface area contributed by atoms with Crippen molar-refractivity contribution in [3.63, 3.8) is 0 Å². The summed E-state index contributed by atoms with van der Waals surface area (Å²) in [7, 11) is 3.95. The number of hydrogen-bond donors (Lipinski definition) is 0. The van der Waals surface area contributed by atoms with Crippen molar-refractivity contribution >= 4 is 48.5 Å². The zero-order valence-electron chi connectivity index (χ0n) is 13.8. The maximum Gasteiger partial charge on any atom is 0.295 e. The number of anilines is 1. The summed E-state index contributed by atoms with van der Waals surface area (Å²) in [4.78, 5) is 20.8. The lowest BCUT2D eigenvalue weighted by Crippen LogP contribution is -2.33. The van der Waals surface area contributed by atoms with E-state index in [1.807, 2.05) is 19.0 Å². The summed E-state index contributed by atoms with van der Waals surface area (Å²) in [6.07, 6.45) is 0.763. The van der Waals surface area contributed by atoms with Crippen molar-refractivity contribution in [1.82, 2.24) is 9.88 Å². The number of rotatable bonds is 6. The lowest BCUT2D eigenvalue weighted by atomic mass is 10.3. The van der Waals surface area contributed by atoms with E-state index < -0.39 is 0 Å². The third-order valence-electron chi connectivity index (χ3n) is 3.61. The summed E-state index contributed by atoms with van der Waals surface area (Å²) in [6, 6.07) is 8.09. The normalized spacial score (nSPS) is 11.4. The van der Waals surface area contributed by atoms with Crippen LogP contribution in [0.15, 0.2) is 39.4 Å². The zero-order chi connectivity index (χ0) is 18.0. The van der Waals surface area contributed by atoms with Gasteiger partial charge in [-0.25, -0.2) is 9.37 Å². The first-order valence-electron chi connectivity index (χ1n) is 7.72. The molecule has 1 aromatic carbocycles. The Bertz CT molecular complexity index is 893. The molecule has 132 valence electrons. The molecule has 3 rings (SSSR count). The first-order chi connectivity index (χ1) is 12.0. The molecule has 5 nitrogen and oxygen atoms in total. The molecule has 0 fully saturated rings. The molecular weight excluding hydrogens is 409 g/mol. The highest BCUT2D eigenvalue weighted by atomic mass is 79.9. The Morgan fingerprint density at radius 3 is 2.72 bits per heavy atom. The fourth-order valence-electron chi connectivity index (χ4n) is 2.41. The molecule has 0 saturated heterocycles. The van der Waals surface area contributed by atoms with Gasteiger partial charge in [-0.2, -0.15) is 0 Å². The average molecular weight is 426 g/mol. The van der Waals surface area contributed by atoms with E-state index in [-0.39, 0.29) is 23.0 Å². The lowest BCUT2D eigenvalue weighted by molar-refractivity contribution is 0.0958. The molecule has 8 heteroatoms. The van der Waals surface area contributed by atoms with Crippen LogP contribution >= 0.6 is 27.3 Å². The molecule has 0 aliphatic rings. The number of amides is 1. The number of carbonyl (C=O) groups is 1. The standard InChI is InChI=1S/C17H17BrFN3O2S/c1-21(2)9-4-10-22(16(23)12-7-8-14(18)24-12)17-20-15-11(19)5-3-6-13(15)25-17/h3,5-8H,4,9-10H2,1-2H3. The molecule has 0 aliphatic carbocycles. The van der Waals surface area contributed by atoms with Gasteiger partial charge in [-0.1, -0.05) is 17.4 Å². The van der Waals surface area contributed by atoms with Gasteiger partial charge in [0.05, 0.1) is 4.70 Å². The lowest BCUT2D eigenvalue weighted by Gasteiger charge is -2.19. The van der Waals surface area contributed by atoms with Crippen LogP contribution in [-0.4, -0.2) is 43.0 Å². The van der Waals surface area contributed by atoms with Crippen LogP contribution < -0.4 is 4.90 Å². The van der Waals surface area contributed by atoms with Crippen molar-refractivity contribution in [2.24, 2.45) is 0 Å². The van der Waals surface area contributed by atoms with Crippen LogP contribution in [0.25, 0.3) is 10.2 Å². The number of halogens is 2. The van der Waals surface area contributed by atoms with Crippen molar-refractivity contribution in [2.45, 2.75) is 6.42 Å². The minimum absolute atomic E-state index is 0.219. The van der Waals surface area contributed by atoms with Crippen LogP contribution in [0.5, 0.6) is 0 Å². The summed E-state index contributed by atoms with van der Waals surface area (Å²) < 4.78 is 20.5. The van der Waals surface area contributed by atoms with Crippen molar-refractivity contribution in [3.05, 3.63) is 46.6 Å². The molecule has 0 unspecified atom stereocenters. The van der Waals surface area contributed by atoms with E-state index in [1.165, 1.54) is 17.4 Å². The summed E-state index contributed by atoms with van der Waals surface area (Å²) in [5.74, 6) is -0.457. The quantitative estimate of drug-likeness (QED) is 0.587. The average Bonchev–Trinajstić information content (AvgIpc) is 3.18. The number of para-hydroxylation sites is 1. The molecule has 0 bridgehead atoms. The predicted molar refractivity (Wildman–Crippen MR) is 101 cm³/mol. The Morgan fingerprint density at radius 2 is 2.08 bits per heavy atom. The van der Waals surface area contributed by atoms with E-state index in [0.717, 1.165) is 13.0 Å². The van der Waals surface area contributed by atoms with E-state index in [2.05, 4.69) is 20.9 Å². The molecule has 0 spiro atoms. The number of hydrogen-bond acceptors (Lipinski definition) is 5.